The normalized spacial score (nSPS) is 16.6. The Hall–Kier alpha value is -1.58. The van der Waals surface area contributed by atoms with Gasteiger partial charge in [-0.25, -0.2) is 8.78 Å². The van der Waals surface area contributed by atoms with Gasteiger partial charge in [-0.05, 0) is 12.1 Å². The quantitative estimate of drug-likeness (QED) is 0.794. The third-order valence-corrected chi connectivity index (χ3v) is 6.23. The van der Waals surface area contributed by atoms with Crippen molar-refractivity contribution in [2.75, 3.05) is 39.3 Å². The second kappa shape index (κ2) is 7.54. The molecule has 134 valence electrons. The van der Waals surface area contributed by atoms with E-state index in [1.165, 1.54) is 13.5 Å². The highest BCUT2D eigenvalue weighted by molar-refractivity contribution is 7.86. The molecule has 0 aromatic heterocycles. The molecular formula is C15H21F2N3O3S. The summed E-state index contributed by atoms with van der Waals surface area (Å²) in [5.41, 5.74) is -0.212. The Balaban J connectivity index is 2.06. The standard InChI is InChI=1S/C15H21F2N3O3S/c1-3-19(4-2)24(22,23)20-9-7-18(8-10-20)15(21)13-6-5-12(16)11-14(13)17/h5-6,11H,3-4,7-10H2,1-2H3. The first-order valence-corrected chi connectivity index (χ1v) is 9.20. The number of amides is 1. The molecule has 6 nitrogen and oxygen atoms in total. The molecule has 9 heteroatoms. The number of carbonyl (C=O) groups excluding carboxylic acids is 1. The van der Waals surface area contributed by atoms with Crippen LogP contribution in [0.1, 0.15) is 24.2 Å². The summed E-state index contributed by atoms with van der Waals surface area (Å²) in [6, 6.07) is 2.79. The number of rotatable bonds is 5. The van der Waals surface area contributed by atoms with Crippen molar-refractivity contribution in [2.45, 2.75) is 13.8 Å². The van der Waals surface area contributed by atoms with Crippen LogP contribution in [-0.4, -0.2) is 67.1 Å². The van der Waals surface area contributed by atoms with Crippen molar-refractivity contribution in [3.63, 3.8) is 0 Å². The lowest BCUT2D eigenvalue weighted by Gasteiger charge is -2.36. The second-order valence-corrected chi connectivity index (χ2v) is 7.34. The molecule has 0 saturated carbocycles. The molecule has 2 rings (SSSR count). The fourth-order valence-electron chi connectivity index (χ4n) is 2.67. The van der Waals surface area contributed by atoms with Gasteiger partial charge in [-0.3, -0.25) is 4.79 Å². The number of hydrogen-bond acceptors (Lipinski definition) is 3. The molecule has 1 amide bonds. The van der Waals surface area contributed by atoms with E-state index in [0.29, 0.717) is 19.2 Å². The summed E-state index contributed by atoms with van der Waals surface area (Å²) in [6.45, 7) is 4.89. The smallest absolute Gasteiger partial charge is 0.282 e. The van der Waals surface area contributed by atoms with Gasteiger partial charge >= 0.3 is 0 Å². The van der Waals surface area contributed by atoms with Crippen LogP contribution in [0.2, 0.25) is 0 Å². The van der Waals surface area contributed by atoms with Crippen molar-refractivity contribution in [1.82, 2.24) is 13.5 Å². The summed E-state index contributed by atoms with van der Waals surface area (Å²) in [7, 11) is -3.55. The van der Waals surface area contributed by atoms with Gasteiger partial charge in [0.25, 0.3) is 16.1 Å². The van der Waals surface area contributed by atoms with Gasteiger partial charge in [0, 0.05) is 45.3 Å². The summed E-state index contributed by atoms with van der Waals surface area (Å²) >= 11 is 0. The lowest BCUT2D eigenvalue weighted by Crippen LogP contribution is -2.54. The van der Waals surface area contributed by atoms with Crippen molar-refractivity contribution >= 4 is 16.1 Å². The van der Waals surface area contributed by atoms with Gasteiger partial charge in [-0.1, -0.05) is 13.8 Å². The zero-order valence-corrected chi connectivity index (χ0v) is 14.5. The average Bonchev–Trinajstić information content (AvgIpc) is 2.55. The van der Waals surface area contributed by atoms with E-state index in [0.717, 1.165) is 12.1 Å². The van der Waals surface area contributed by atoms with Crippen molar-refractivity contribution in [3.8, 4) is 0 Å². The van der Waals surface area contributed by atoms with Crippen molar-refractivity contribution in [1.29, 1.82) is 0 Å². The van der Waals surface area contributed by atoms with Gasteiger partial charge in [-0.2, -0.15) is 17.0 Å². The number of hydrogen-bond donors (Lipinski definition) is 0. The number of nitrogens with zero attached hydrogens (tertiary/aromatic N) is 3. The van der Waals surface area contributed by atoms with Gasteiger partial charge in [0.15, 0.2) is 0 Å². The van der Waals surface area contributed by atoms with Gasteiger partial charge in [-0.15, -0.1) is 0 Å². The summed E-state index contributed by atoms with van der Waals surface area (Å²) in [4.78, 5) is 13.7. The minimum atomic E-state index is -3.55. The SMILES string of the molecule is CCN(CC)S(=O)(=O)N1CCN(C(=O)c2ccc(F)cc2F)CC1. The third-order valence-electron chi connectivity index (χ3n) is 4.05. The molecule has 1 fully saturated rings. The van der Waals surface area contributed by atoms with Gasteiger partial charge < -0.3 is 4.90 Å². The van der Waals surface area contributed by atoms with Crippen LogP contribution in [-0.2, 0) is 10.2 Å². The van der Waals surface area contributed by atoms with Crippen molar-refractivity contribution in [3.05, 3.63) is 35.4 Å². The molecule has 0 atom stereocenters. The first kappa shape index (κ1) is 18.8. The molecule has 0 radical (unpaired) electrons. The van der Waals surface area contributed by atoms with Gasteiger partial charge in [0.1, 0.15) is 11.6 Å². The monoisotopic (exact) mass is 361 g/mol. The van der Waals surface area contributed by atoms with E-state index in [1.807, 2.05) is 0 Å². The Morgan fingerprint density at radius 3 is 2.21 bits per heavy atom. The Morgan fingerprint density at radius 1 is 1.12 bits per heavy atom. The number of halogens is 2. The van der Waals surface area contributed by atoms with Crippen molar-refractivity contribution < 1.29 is 22.0 Å². The van der Waals surface area contributed by atoms with Crippen LogP contribution in [0.3, 0.4) is 0 Å². The zero-order valence-electron chi connectivity index (χ0n) is 13.7. The molecule has 1 saturated heterocycles. The van der Waals surface area contributed by atoms with E-state index in [4.69, 9.17) is 0 Å². The molecule has 1 aromatic rings. The third kappa shape index (κ3) is 3.73. The molecule has 0 N–H and O–H groups in total. The first-order chi connectivity index (χ1) is 11.3. The largest absolute Gasteiger partial charge is 0.336 e. The fourth-order valence-corrected chi connectivity index (χ4v) is 4.27. The number of benzene rings is 1. The topological polar surface area (TPSA) is 60.9 Å². The molecule has 0 bridgehead atoms. The molecule has 1 aliphatic rings. The number of carbonyl (C=O) groups is 1. The molecule has 0 aliphatic carbocycles. The summed E-state index contributed by atoms with van der Waals surface area (Å²) in [5, 5.41) is 0. The van der Waals surface area contributed by atoms with E-state index < -0.39 is 27.8 Å². The maximum absolute atomic E-state index is 13.7. The first-order valence-electron chi connectivity index (χ1n) is 7.80. The predicted molar refractivity (Wildman–Crippen MR) is 85.7 cm³/mol. The molecule has 1 aromatic carbocycles. The average molecular weight is 361 g/mol. The molecule has 24 heavy (non-hydrogen) atoms. The Kier molecular flexibility index (Phi) is 5.89. The zero-order chi connectivity index (χ0) is 17.9. The molecule has 1 aliphatic heterocycles. The van der Waals surface area contributed by atoms with Crippen LogP contribution >= 0.6 is 0 Å². The molecule has 1 heterocycles. The predicted octanol–water partition coefficient (Wildman–Crippen LogP) is 1.31. The van der Waals surface area contributed by atoms with Crippen LogP contribution in [0.15, 0.2) is 18.2 Å². The second-order valence-electron chi connectivity index (χ2n) is 5.41. The Bertz CT molecular complexity index is 700. The lowest BCUT2D eigenvalue weighted by atomic mass is 10.1. The van der Waals surface area contributed by atoms with E-state index in [2.05, 4.69) is 0 Å². The maximum atomic E-state index is 13.7. The fraction of sp³-hybridized carbons (Fsp3) is 0.533. The van der Waals surface area contributed by atoms with Gasteiger partial charge in [0.05, 0.1) is 5.56 Å². The maximum Gasteiger partial charge on any atom is 0.282 e. The lowest BCUT2D eigenvalue weighted by molar-refractivity contribution is 0.0689. The van der Waals surface area contributed by atoms with Gasteiger partial charge in [0.2, 0.25) is 0 Å². The molecule has 0 spiro atoms. The summed E-state index contributed by atoms with van der Waals surface area (Å²) in [6.07, 6.45) is 0. The Labute approximate surface area is 140 Å². The highest BCUT2D eigenvalue weighted by atomic mass is 32.2. The van der Waals surface area contributed by atoms with E-state index in [1.54, 1.807) is 13.8 Å². The van der Waals surface area contributed by atoms with Crippen LogP contribution in [0.25, 0.3) is 0 Å². The highest BCUT2D eigenvalue weighted by Gasteiger charge is 2.32. The minimum absolute atomic E-state index is 0.146. The minimum Gasteiger partial charge on any atom is -0.336 e. The summed E-state index contributed by atoms with van der Waals surface area (Å²) < 4.78 is 54.2. The molecule has 0 unspecified atom stereocenters. The highest BCUT2D eigenvalue weighted by Crippen LogP contribution is 2.16. The van der Waals surface area contributed by atoms with E-state index in [9.17, 15) is 22.0 Å². The van der Waals surface area contributed by atoms with Crippen LogP contribution in [0.4, 0.5) is 8.78 Å². The van der Waals surface area contributed by atoms with Crippen LogP contribution < -0.4 is 0 Å². The van der Waals surface area contributed by atoms with Crippen molar-refractivity contribution in [2.24, 2.45) is 0 Å². The summed E-state index contributed by atoms with van der Waals surface area (Å²) in [5.74, 6) is -2.23. The number of piperazine rings is 1. The van der Waals surface area contributed by atoms with E-state index >= 15 is 0 Å². The van der Waals surface area contributed by atoms with Crippen LogP contribution in [0.5, 0.6) is 0 Å². The Morgan fingerprint density at radius 2 is 1.71 bits per heavy atom. The van der Waals surface area contributed by atoms with E-state index in [-0.39, 0.29) is 31.7 Å². The molecular weight excluding hydrogens is 340 g/mol. The van der Waals surface area contributed by atoms with Crippen LogP contribution in [0, 0.1) is 11.6 Å².